The summed E-state index contributed by atoms with van der Waals surface area (Å²) in [4.78, 5) is 12.0. The van der Waals surface area contributed by atoms with Crippen LogP contribution < -0.4 is 10.4 Å². The van der Waals surface area contributed by atoms with Crippen molar-refractivity contribution in [2.45, 2.75) is 13.8 Å². The molecule has 4 heteroatoms. The first kappa shape index (κ1) is 14.6. The summed E-state index contributed by atoms with van der Waals surface area (Å²) in [6.45, 7) is 3.95. The fraction of sp³-hybridized carbons (Fsp3) is 0.150. The van der Waals surface area contributed by atoms with Gasteiger partial charge in [-0.15, -0.1) is 0 Å². The third-order valence-corrected chi connectivity index (χ3v) is 4.17. The second-order valence-corrected chi connectivity index (χ2v) is 5.93. The Morgan fingerprint density at radius 2 is 1.79 bits per heavy atom. The number of para-hydroxylation sites is 1. The molecule has 0 bridgehead atoms. The van der Waals surface area contributed by atoms with Crippen molar-refractivity contribution in [1.82, 2.24) is 0 Å². The largest absolute Gasteiger partial charge is 0.493 e. The van der Waals surface area contributed by atoms with Crippen molar-refractivity contribution in [3.05, 3.63) is 64.0 Å². The number of ether oxygens (including phenoxy) is 1. The molecule has 4 nitrogen and oxygen atoms in total. The monoisotopic (exact) mass is 320 g/mol. The minimum Gasteiger partial charge on any atom is -0.493 e. The van der Waals surface area contributed by atoms with E-state index in [1.54, 1.807) is 7.11 Å². The van der Waals surface area contributed by atoms with Gasteiger partial charge in [0.25, 0.3) is 0 Å². The van der Waals surface area contributed by atoms with Crippen LogP contribution in [0.25, 0.3) is 33.3 Å². The molecule has 2 aromatic heterocycles. The maximum atomic E-state index is 12.0. The zero-order chi connectivity index (χ0) is 16.8. The molecule has 2 aromatic carbocycles. The molecule has 0 aliphatic rings. The molecule has 0 atom stereocenters. The van der Waals surface area contributed by atoms with Crippen molar-refractivity contribution in [3.8, 4) is 17.1 Å². The molecular formula is C20H16O4. The van der Waals surface area contributed by atoms with E-state index in [1.165, 1.54) is 6.07 Å². The molecule has 4 aromatic rings. The molecular weight excluding hydrogens is 304 g/mol. The molecule has 0 aliphatic carbocycles. The van der Waals surface area contributed by atoms with Gasteiger partial charge >= 0.3 is 5.63 Å². The molecule has 0 radical (unpaired) electrons. The molecule has 0 fully saturated rings. The van der Waals surface area contributed by atoms with Crippen LogP contribution in [0.4, 0.5) is 0 Å². The van der Waals surface area contributed by atoms with Crippen molar-refractivity contribution in [2.75, 3.05) is 7.11 Å². The van der Waals surface area contributed by atoms with Crippen molar-refractivity contribution >= 4 is 21.9 Å². The molecule has 120 valence electrons. The molecule has 0 unspecified atom stereocenters. The van der Waals surface area contributed by atoms with Crippen LogP contribution in [0.1, 0.15) is 11.1 Å². The lowest BCUT2D eigenvalue weighted by Gasteiger charge is -2.06. The normalized spacial score (nSPS) is 11.3. The van der Waals surface area contributed by atoms with Crippen LogP contribution in [-0.2, 0) is 0 Å². The Balaban J connectivity index is 2.08. The zero-order valence-corrected chi connectivity index (χ0v) is 13.7. The topological polar surface area (TPSA) is 52.6 Å². The average molecular weight is 320 g/mol. The molecule has 0 amide bonds. The number of methoxy groups -OCH3 is 1. The molecule has 0 spiro atoms. The maximum Gasteiger partial charge on any atom is 0.336 e. The van der Waals surface area contributed by atoms with E-state index < -0.39 is 5.63 Å². The summed E-state index contributed by atoms with van der Waals surface area (Å²) in [7, 11) is 1.61. The fourth-order valence-corrected chi connectivity index (χ4v) is 3.15. The quantitative estimate of drug-likeness (QED) is 0.496. The van der Waals surface area contributed by atoms with Gasteiger partial charge in [0.15, 0.2) is 11.3 Å². The van der Waals surface area contributed by atoms with E-state index in [4.69, 9.17) is 13.6 Å². The van der Waals surface area contributed by atoms with Gasteiger partial charge in [-0.25, -0.2) is 4.79 Å². The Hall–Kier alpha value is -3.01. The van der Waals surface area contributed by atoms with Gasteiger partial charge in [-0.2, -0.15) is 0 Å². The molecule has 0 saturated carbocycles. The molecule has 0 N–H and O–H groups in total. The highest BCUT2D eigenvalue weighted by Gasteiger charge is 2.15. The molecule has 0 aliphatic heterocycles. The smallest absolute Gasteiger partial charge is 0.336 e. The lowest BCUT2D eigenvalue weighted by molar-refractivity contribution is 0.411. The van der Waals surface area contributed by atoms with Crippen molar-refractivity contribution in [3.63, 3.8) is 0 Å². The van der Waals surface area contributed by atoms with Gasteiger partial charge in [0.2, 0.25) is 0 Å². The van der Waals surface area contributed by atoms with Gasteiger partial charge in [-0.1, -0.05) is 18.2 Å². The number of aryl methyl sites for hydroxylation is 2. The van der Waals surface area contributed by atoms with E-state index in [0.29, 0.717) is 22.7 Å². The highest BCUT2D eigenvalue weighted by molar-refractivity contribution is 5.97. The third-order valence-electron chi connectivity index (χ3n) is 4.17. The average Bonchev–Trinajstić information content (AvgIpc) is 2.99. The van der Waals surface area contributed by atoms with Crippen LogP contribution in [0.15, 0.2) is 56.1 Å². The third kappa shape index (κ3) is 2.19. The summed E-state index contributed by atoms with van der Waals surface area (Å²) < 4.78 is 16.8. The van der Waals surface area contributed by atoms with Crippen molar-refractivity contribution < 1.29 is 13.6 Å². The minimum atomic E-state index is -0.392. The lowest BCUT2D eigenvalue weighted by Crippen LogP contribution is -1.99. The second-order valence-electron chi connectivity index (χ2n) is 5.93. The Morgan fingerprint density at radius 1 is 0.958 bits per heavy atom. The first-order valence-corrected chi connectivity index (χ1v) is 7.69. The summed E-state index contributed by atoms with van der Waals surface area (Å²) in [6, 6.07) is 13.1. The fourth-order valence-electron chi connectivity index (χ4n) is 3.15. The Bertz CT molecular complexity index is 1130. The van der Waals surface area contributed by atoms with Crippen LogP contribution in [0.5, 0.6) is 5.75 Å². The van der Waals surface area contributed by atoms with Crippen LogP contribution in [0.2, 0.25) is 0 Å². The number of hydrogen-bond donors (Lipinski definition) is 0. The zero-order valence-electron chi connectivity index (χ0n) is 13.7. The number of hydrogen-bond acceptors (Lipinski definition) is 4. The van der Waals surface area contributed by atoms with Crippen LogP contribution in [0, 0.1) is 13.8 Å². The number of furan rings is 1. The predicted molar refractivity (Wildman–Crippen MR) is 93.7 cm³/mol. The van der Waals surface area contributed by atoms with E-state index >= 15 is 0 Å². The van der Waals surface area contributed by atoms with E-state index in [9.17, 15) is 4.79 Å². The Labute approximate surface area is 138 Å². The Morgan fingerprint density at radius 3 is 2.58 bits per heavy atom. The standard InChI is InChI=1S/C20H16O4/c1-11-7-12(2)19-15(8-11)14(10-18(21)24-19)17-9-13-5-4-6-16(22-3)20(13)23-17/h4-10H,1-3H3. The van der Waals surface area contributed by atoms with Gasteiger partial charge in [-0.05, 0) is 43.2 Å². The van der Waals surface area contributed by atoms with Gasteiger partial charge in [0.05, 0.1) is 7.11 Å². The highest BCUT2D eigenvalue weighted by atomic mass is 16.5. The highest BCUT2D eigenvalue weighted by Crippen LogP contribution is 2.36. The van der Waals surface area contributed by atoms with Gasteiger partial charge in [0.1, 0.15) is 11.3 Å². The van der Waals surface area contributed by atoms with Crippen LogP contribution >= 0.6 is 0 Å². The molecule has 2 heterocycles. The minimum absolute atomic E-state index is 0.392. The number of benzene rings is 2. The van der Waals surface area contributed by atoms with Crippen molar-refractivity contribution in [2.24, 2.45) is 0 Å². The first-order valence-electron chi connectivity index (χ1n) is 7.69. The van der Waals surface area contributed by atoms with E-state index in [0.717, 1.165) is 27.5 Å². The first-order chi connectivity index (χ1) is 11.6. The summed E-state index contributed by atoms with van der Waals surface area (Å²) in [5.41, 5.74) is 3.63. The lowest BCUT2D eigenvalue weighted by atomic mass is 10.0. The summed E-state index contributed by atoms with van der Waals surface area (Å²) >= 11 is 0. The second kappa shape index (κ2) is 5.27. The molecule has 0 saturated heterocycles. The van der Waals surface area contributed by atoms with Gasteiger partial charge < -0.3 is 13.6 Å². The number of rotatable bonds is 2. The van der Waals surface area contributed by atoms with Crippen LogP contribution in [-0.4, -0.2) is 7.11 Å². The van der Waals surface area contributed by atoms with E-state index in [-0.39, 0.29) is 0 Å². The number of fused-ring (bicyclic) bond motifs is 2. The maximum absolute atomic E-state index is 12.0. The Kier molecular flexibility index (Phi) is 3.20. The van der Waals surface area contributed by atoms with E-state index in [2.05, 4.69) is 0 Å². The SMILES string of the molecule is COc1cccc2cc(-c3cc(=O)oc4c(C)cc(C)cc34)oc12. The summed E-state index contributed by atoms with van der Waals surface area (Å²) in [5, 5.41) is 1.79. The molecule has 4 rings (SSSR count). The summed E-state index contributed by atoms with van der Waals surface area (Å²) in [5.74, 6) is 1.29. The van der Waals surface area contributed by atoms with Gasteiger partial charge in [0, 0.05) is 22.4 Å². The van der Waals surface area contributed by atoms with E-state index in [1.807, 2.05) is 50.2 Å². The predicted octanol–water partition coefficient (Wildman–Crippen LogP) is 4.83. The van der Waals surface area contributed by atoms with Crippen molar-refractivity contribution in [1.29, 1.82) is 0 Å². The van der Waals surface area contributed by atoms with Gasteiger partial charge in [-0.3, -0.25) is 0 Å². The van der Waals surface area contributed by atoms with Crippen LogP contribution in [0.3, 0.4) is 0 Å². The molecule has 24 heavy (non-hydrogen) atoms. The summed E-state index contributed by atoms with van der Waals surface area (Å²) in [6.07, 6.45) is 0.